The van der Waals surface area contributed by atoms with Crippen LogP contribution in [-0.4, -0.2) is 32.8 Å². The summed E-state index contributed by atoms with van der Waals surface area (Å²) in [5.74, 6) is 0.949. The fourth-order valence-corrected chi connectivity index (χ4v) is 2.59. The third-order valence-electron chi connectivity index (χ3n) is 3.59. The maximum Gasteiger partial charge on any atom is 0.119 e. The predicted octanol–water partition coefficient (Wildman–Crippen LogP) is 2.65. The molecular weight excluding hydrogens is 236 g/mol. The van der Waals surface area contributed by atoms with Gasteiger partial charge in [-0.1, -0.05) is 12.1 Å². The van der Waals surface area contributed by atoms with Crippen LogP contribution in [0.2, 0.25) is 0 Å². The van der Waals surface area contributed by atoms with E-state index in [0.29, 0.717) is 6.61 Å². The molecule has 0 spiro atoms. The van der Waals surface area contributed by atoms with Crippen molar-refractivity contribution in [2.75, 3.05) is 37.7 Å². The second-order valence-electron chi connectivity index (χ2n) is 4.86. The Labute approximate surface area is 114 Å². The van der Waals surface area contributed by atoms with Gasteiger partial charge in [-0.15, -0.1) is 0 Å². The molecule has 2 aromatic carbocycles. The molecule has 0 unspecified atom stereocenters. The molecule has 3 heteroatoms. The highest BCUT2D eigenvalue weighted by atomic mass is 16.5. The van der Waals surface area contributed by atoms with E-state index in [1.807, 2.05) is 13.0 Å². The van der Waals surface area contributed by atoms with E-state index < -0.39 is 0 Å². The van der Waals surface area contributed by atoms with Crippen molar-refractivity contribution in [1.29, 1.82) is 0 Å². The minimum atomic E-state index is 0.713. The van der Waals surface area contributed by atoms with E-state index in [2.05, 4.69) is 40.5 Å². The van der Waals surface area contributed by atoms with Gasteiger partial charge in [0.15, 0.2) is 0 Å². The molecular formula is C16H20N2O. The normalized spacial score (nSPS) is 15.7. The predicted molar refractivity (Wildman–Crippen MR) is 80.2 cm³/mol. The van der Waals surface area contributed by atoms with Gasteiger partial charge in [0.1, 0.15) is 5.75 Å². The SMILES string of the molecule is CCOc1ccc2cc(N3CCNCC3)ccc2c1. The Morgan fingerprint density at radius 3 is 2.58 bits per heavy atom. The van der Waals surface area contributed by atoms with E-state index in [4.69, 9.17) is 4.74 Å². The molecule has 3 nitrogen and oxygen atoms in total. The summed E-state index contributed by atoms with van der Waals surface area (Å²) in [5.41, 5.74) is 1.32. The van der Waals surface area contributed by atoms with Crippen molar-refractivity contribution in [1.82, 2.24) is 5.32 Å². The molecule has 0 saturated carbocycles. The number of benzene rings is 2. The summed E-state index contributed by atoms with van der Waals surface area (Å²) in [6, 6.07) is 13.0. The first kappa shape index (κ1) is 12.3. The summed E-state index contributed by atoms with van der Waals surface area (Å²) >= 11 is 0. The Morgan fingerprint density at radius 1 is 1.05 bits per heavy atom. The molecule has 0 atom stereocenters. The van der Waals surface area contributed by atoms with Gasteiger partial charge in [-0.2, -0.15) is 0 Å². The lowest BCUT2D eigenvalue weighted by molar-refractivity contribution is 0.341. The van der Waals surface area contributed by atoms with Crippen molar-refractivity contribution in [3.63, 3.8) is 0 Å². The summed E-state index contributed by atoms with van der Waals surface area (Å²) < 4.78 is 5.54. The summed E-state index contributed by atoms with van der Waals surface area (Å²) in [6.45, 7) is 7.04. The van der Waals surface area contributed by atoms with Crippen LogP contribution in [0.4, 0.5) is 5.69 Å². The molecule has 0 bridgehead atoms. The summed E-state index contributed by atoms with van der Waals surface area (Å²) in [6.07, 6.45) is 0. The van der Waals surface area contributed by atoms with Crippen molar-refractivity contribution in [3.8, 4) is 5.75 Å². The Bertz CT molecular complexity index is 562. The molecule has 100 valence electrons. The van der Waals surface area contributed by atoms with Crippen LogP contribution >= 0.6 is 0 Å². The third-order valence-corrected chi connectivity index (χ3v) is 3.59. The van der Waals surface area contributed by atoms with E-state index in [-0.39, 0.29) is 0 Å². The molecule has 0 aromatic heterocycles. The fourth-order valence-electron chi connectivity index (χ4n) is 2.59. The zero-order valence-corrected chi connectivity index (χ0v) is 11.4. The molecule has 1 aliphatic rings. The lowest BCUT2D eigenvalue weighted by Gasteiger charge is -2.29. The smallest absolute Gasteiger partial charge is 0.119 e. The van der Waals surface area contributed by atoms with Gasteiger partial charge in [-0.05, 0) is 42.0 Å². The van der Waals surface area contributed by atoms with Crippen LogP contribution in [0, 0.1) is 0 Å². The van der Waals surface area contributed by atoms with Crippen molar-refractivity contribution in [2.45, 2.75) is 6.92 Å². The first-order valence-electron chi connectivity index (χ1n) is 6.99. The van der Waals surface area contributed by atoms with E-state index in [0.717, 1.165) is 31.9 Å². The van der Waals surface area contributed by atoms with Gasteiger partial charge < -0.3 is 15.0 Å². The summed E-state index contributed by atoms with van der Waals surface area (Å²) in [5, 5.41) is 5.90. The molecule has 19 heavy (non-hydrogen) atoms. The number of piperazine rings is 1. The Kier molecular flexibility index (Phi) is 3.56. The first-order chi connectivity index (χ1) is 9.36. The Balaban J connectivity index is 1.90. The highest BCUT2D eigenvalue weighted by Gasteiger charge is 2.10. The number of ether oxygens (including phenoxy) is 1. The fraction of sp³-hybridized carbons (Fsp3) is 0.375. The third kappa shape index (κ3) is 2.66. The van der Waals surface area contributed by atoms with Crippen LogP contribution in [0.3, 0.4) is 0 Å². The number of nitrogens with one attached hydrogen (secondary N) is 1. The minimum Gasteiger partial charge on any atom is -0.494 e. The number of hydrogen-bond acceptors (Lipinski definition) is 3. The average molecular weight is 256 g/mol. The lowest BCUT2D eigenvalue weighted by Crippen LogP contribution is -2.43. The highest BCUT2D eigenvalue weighted by Crippen LogP contribution is 2.26. The van der Waals surface area contributed by atoms with E-state index >= 15 is 0 Å². The number of hydrogen-bond donors (Lipinski definition) is 1. The molecule has 1 aliphatic heterocycles. The van der Waals surface area contributed by atoms with Gasteiger partial charge in [-0.3, -0.25) is 0 Å². The van der Waals surface area contributed by atoms with E-state index in [1.165, 1.54) is 16.5 Å². The second-order valence-corrected chi connectivity index (χ2v) is 4.86. The maximum absolute atomic E-state index is 5.54. The molecule has 0 radical (unpaired) electrons. The van der Waals surface area contributed by atoms with Crippen molar-refractivity contribution < 1.29 is 4.74 Å². The maximum atomic E-state index is 5.54. The van der Waals surface area contributed by atoms with Gasteiger partial charge in [-0.25, -0.2) is 0 Å². The van der Waals surface area contributed by atoms with Crippen LogP contribution in [0.5, 0.6) is 5.75 Å². The topological polar surface area (TPSA) is 24.5 Å². The molecule has 2 aromatic rings. The Hall–Kier alpha value is -1.74. The van der Waals surface area contributed by atoms with Crippen LogP contribution in [0.15, 0.2) is 36.4 Å². The van der Waals surface area contributed by atoms with Gasteiger partial charge >= 0.3 is 0 Å². The highest BCUT2D eigenvalue weighted by molar-refractivity contribution is 5.87. The molecule has 1 fully saturated rings. The van der Waals surface area contributed by atoms with Crippen molar-refractivity contribution >= 4 is 16.5 Å². The molecule has 0 aliphatic carbocycles. The number of rotatable bonds is 3. The van der Waals surface area contributed by atoms with E-state index in [9.17, 15) is 0 Å². The lowest BCUT2D eigenvalue weighted by atomic mass is 10.1. The summed E-state index contributed by atoms with van der Waals surface area (Å²) in [4.78, 5) is 2.44. The van der Waals surface area contributed by atoms with Crippen molar-refractivity contribution in [2.24, 2.45) is 0 Å². The van der Waals surface area contributed by atoms with Crippen LogP contribution in [-0.2, 0) is 0 Å². The molecule has 3 rings (SSSR count). The van der Waals surface area contributed by atoms with Crippen LogP contribution < -0.4 is 15.0 Å². The standard InChI is InChI=1S/C16H20N2O/c1-2-19-16-6-4-13-11-15(5-3-14(13)12-16)18-9-7-17-8-10-18/h3-6,11-12,17H,2,7-10H2,1H3. The number of nitrogens with zero attached hydrogens (tertiary/aromatic N) is 1. The van der Waals surface area contributed by atoms with E-state index in [1.54, 1.807) is 0 Å². The zero-order valence-electron chi connectivity index (χ0n) is 11.4. The largest absolute Gasteiger partial charge is 0.494 e. The van der Waals surface area contributed by atoms with Crippen molar-refractivity contribution in [3.05, 3.63) is 36.4 Å². The second kappa shape index (κ2) is 5.49. The number of anilines is 1. The molecule has 1 saturated heterocycles. The summed E-state index contributed by atoms with van der Waals surface area (Å²) in [7, 11) is 0. The molecule has 1 heterocycles. The molecule has 1 N–H and O–H groups in total. The first-order valence-corrected chi connectivity index (χ1v) is 6.99. The van der Waals surface area contributed by atoms with Gasteiger partial charge in [0.2, 0.25) is 0 Å². The monoisotopic (exact) mass is 256 g/mol. The van der Waals surface area contributed by atoms with Gasteiger partial charge in [0.25, 0.3) is 0 Å². The van der Waals surface area contributed by atoms with Gasteiger partial charge in [0.05, 0.1) is 6.61 Å². The zero-order chi connectivity index (χ0) is 13.1. The Morgan fingerprint density at radius 2 is 1.79 bits per heavy atom. The van der Waals surface area contributed by atoms with Gasteiger partial charge in [0, 0.05) is 31.9 Å². The van der Waals surface area contributed by atoms with Crippen LogP contribution in [0.25, 0.3) is 10.8 Å². The number of fused-ring (bicyclic) bond motifs is 1. The average Bonchev–Trinajstić information content (AvgIpc) is 2.48. The minimum absolute atomic E-state index is 0.713. The quantitative estimate of drug-likeness (QED) is 0.913. The van der Waals surface area contributed by atoms with Crippen LogP contribution in [0.1, 0.15) is 6.92 Å². The molecule has 0 amide bonds.